The van der Waals surface area contributed by atoms with Gasteiger partial charge in [-0.1, -0.05) is 48.6 Å². The maximum atomic E-state index is 11.1. The number of amides is 1. The lowest BCUT2D eigenvalue weighted by Crippen LogP contribution is -2.40. The predicted molar refractivity (Wildman–Crippen MR) is 78.0 cm³/mol. The first-order chi connectivity index (χ1) is 9.56. The molecule has 0 saturated heterocycles. The maximum absolute atomic E-state index is 11.1. The summed E-state index contributed by atoms with van der Waals surface area (Å²) in [5.41, 5.74) is 12.3. The van der Waals surface area contributed by atoms with E-state index in [2.05, 4.69) is 6.07 Å². The lowest BCUT2D eigenvalue weighted by Gasteiger charge is -2.27. The molecule has 1 amide bonds. The van der Waals surface area contributed by atoms with Crippen LogP contribution in [0.4, 0.5) is 0 Å². The zero-order chi connectivity index (χ0) is 14.6. The second-order valence-corrected chi connectivity index (χ2v) is 5.04. The summed E-state index contributed by atoms with van der Waals surface area (Å²) in [7, 11) is 0. The fourth-order valence-electron chi connectivity index (χ4n) is 2.30. The third-order valence-corrected chi connectivity index (χ3v) is 3.55. The van der Waals surface area contributed by atoms with E-state index in [-0.39, 0.29) is 6.42 Å². The van der Waals surface area contributed by atoms with Gasteiger partial charge in [-0.2, -0.15) is 5.26 Å². The van der Waals surface area contributed by atoms with Crippen molar-refractivity contribution in [3.05, 3.63) is 54.1 Å². The Hall–Kier alpha value is -2.38. The van der Waals surface area contributed by atoms with Gasteiger partial charge in [0, 0.05) is 0 Å². The fraction of sp³-hybridized carbons (Fsp3) is 0.250. The van der Waals surface area contributed by atoms with Crippen LogP contribution in [-0.4, -0.2) is 11.9 Å². The standard InChI is InChI=1S/C16H17N3O/c17-11-16(10-14(18)15(19)20)8-6-13(7-9-16)12-4-2-1-3-5-12/h1-8,14H,9-10,18H2,(H2,19,20)/t14-,16?/m0/s1. The highest BCUT2D eigenvalue weighted by molar-refractivity contribution is 5.80. The van der Waals surface area contributed by atoms with Crippen LogP contribution in [0.3, 0.4) is 0 Å². The number of hydrogen-bond donors (Lipinski definition) is 2. The molecule has 0 fully saturated rings. The Morgan fingerprint density at radius 3 is 2.60 bits per heavy atom. The van der Waals surface area contributed by atoms with Crippen LogP contribution in [0.15, 0.2) is 48.6 Å². The summed E-state index contributed by atoms with van der Waals surface area (Å²) < 4.78 is 0. The number of allylic oxidation sites excluding steroid dienone is 4. The SMILES string of the molecule is N#CC1(C[C@H](N)C(N)=O)C=CC(c2ccccc2)=CC1. The lowest BCUT2D eigenvalue weighted by atomic mass is 9.76. The van der Waals surface area contributed by atoms with Gasteiger partial charge in [0.05, 0.1) is 17.5 Å². The normalized spacial score (nSPS) is 22.7. The molecule has 1 aromatic rings. The van der Waals surface area contributed by atoms with E-state index in [0.29, 0.717) is 6.42 Å². The van der Waals surface area contributed by atoms with Gasteiger partial charge < -0.3 is 11.5 Å². The molecule has 1 aliphatic rings. The van der Waals surface area contributed by atoms with Crippen LogP contribution in [0.1, 0.15) is 18.4 Å². The third-order valence-electron chi connectivity index (χ3n) is 3.55. The second kappa shape index (κ2) is 5.72. The zero-order valence-electron chi connectivity index (χ0n) is 11.1. The van der Waals surface area contributed by atoms with Crippen molar-refractivity contribution in [2.75, 3.05) is 0 Å². The Balaban J connectivity index is 2.16. The molecule has 1 aromatic carbocycles. The fourth-order valence-corrected chi connectivity index (χ4v) is 2.30. The molecule has 0 aliphatic heterocycles. The third kappa shape index (κ3) is 2.95. The van der Waals surface area contributed by atoms with Gasteiger partial charge >= 0.3 is 0 Å². The molecule has 2 rings (SSSR count). The molecule has 102 valence electrons. The summed E-state index contributed by atoms with van der Waals surface area (Å²) in [4.78, 5) is 11.1. The van der Waals surface area contributed by atoms with Gasteiger partial charge in [0.15, 0.2) is 0 Å². The molecule has 1 unspecified atom stereocenters. The summed E-state index contributed by atoms with van der Waals surface area (Å²) in [6, 6.07) is 11.4. The number of hydrogen-bond acceptors (Lipinski definition) is 3. The molecule has 0 heterocycles. The van der Waals surface area contributed by atoms with Crippen LogP contribution in [0.25, 0.3) is 5.57 Å². The van der Waals surface area contributed by atoms with Crippen molar-refractivity contribution in [2.45, 2.75) is 18.9 Å². The van der Waals surface area contributed by atoms with Crippen LogP contribution in [0, 0.1) is 16.7 Å². The molecule has 0 radical (unpaired) electrons. The van der Waals surface area contributed by atoms with Gasteiger partial charge in [-0.3, -0.25) is 4.79 Å². The predicted octanol–water partition coefficient (Wildman–Crippen LogP) is 1.74. The quantitative estimate of drug-likeness (QED) is 0.870. The maximum Gasteiger partial charge on any atom is 0.234 e. The van der Waals surface area contributed by atoms with Crippen molar-refractivity contribution in [2.24, 2.45) is 16.9 Å². The van der Waals surface area contributed by atoms with Gasteiger partial charge in [-0.25, -0.2) is 0 Å². The van der Waals surface area contributed by atoms with Crippen LogP contribution < -0.4 is 11.5 Å². The summed E-state index contributed by atoms with van der Waals surface area (Å²) in [6.07, 6.45) is 6.53. The summed E-state index contributed by atoms with van der Waals surface area (Å²) >= 11 is 0. The molecular formula is C16H17N3O. The molecule has 4 heteroatoms. The molecule has 0 saturated carbocycles. The number of carbonyl (C=O) groups is 1. The highest BCUT2D eigenvalue weighted by atomic mass is 16.1. The Bertz CT molecular complexity index is 598. The van der Waals surface area contributed by atoms with Crippen molar-refractivity contribution < 1.29 is 4.79 Å². The minimum Gasteiger partial charge on any atom is -0.368 e. The summed E-state index contributed by atoms with van der Waals surface area (Å²) in [5.74, 6) is -0.578. The number of primary amides is 1. The van der Waals surface area contributed by atoms with Crippen molar-refractivity contribution in [1.82, 2.24) is 0 Å². The number of carbonyl (C=O) groups excluding carboxylic acids is 1. The van der Waals surface area contributed by atoms with E-state index < -0.39 is 17.4 Å². The van der Waals surface area contributed by atoms with Gasteiger partial charge in [0.2, 0.25) is 5.91 Å². The monoisotopic (exact) mass is 267 g/mol. The average molecular weight is 267 g/mol. The van der Waals surface area contributed by atoms with Gasteiger partial charge in [-0.15, -0.1) is 0 Å². The van der Waals surface area contributed by atoms with Crippen LogP contribution in [-0.2, 0) is 4.79 Å². The Morgan fingerprint density at radius 2 is 2.10 bits per heavy atom. The Morgan fingerprint density at radius 1 is 1.40 bits per heavy atom. The molecule has 1 aliphatic carbocycles. The number of nitrogens with zero attached hydrogens (tertiary/aromatic N) is 1. The molecule has 0 spiro atoms. The summed E-state index contributed by atoms with van der Waals surface area (Å²) in [6.45, 7) is 0. The second-order valence-electron chi connectivity index (χ2n) is 5.04. The van der Waals surface area contributed by atoms with E-state index in [1.54, 1.807) is 0 Å². The number of nitrogens with two attached hydrogens (primary N) is 2. The van der Waals surface area contributed by atoms with Crippen LogP contribution in [0.5, 0.6) is 0 Å². The smallest absolute Gasteiger partial charge is 0.234 e. The molecule has 4 N–H and O–H groups in total. The number of benzene rings is 1. The minimum absolute atomic E-state index is 0.244. The molecule has 4 nitrogen and oxygen atoms in total. The van der Waals surface area contributed by atoms with E-state index in [4.69, 9.17) is 11.5 Å². The van der Waals surface area contributed by atoms with E-state index in [1.165, 1.54) is 0 Å². The molecule has 20 heavy (non-hydrogen) atoms. The highest BCUT2D eigenvalue weighted by Crippen LogP contribution is 2.36. The minimum atomic E-state index is -0.800. The van der Waals surface area contributed by atoms with E-state index in [0.717, 1.165) is 11.1 Å². The lowest BCUT2D eigenvalue weighted by molar-refractivity contribution is -0.119. The van der Waals surface area contributed by atoms with Crippen molar-refractivity contribution in [3.63, 3.8) is 0 Å². The van der Waals surface area contributed by atoms with E-state index >= 15 is 0 Å². The Labute approximate surface area is 118 Å². The van der Waals surface area contributed by atoms with Gasteiger partial charge in [0.25, 0.3) is 0 Å². The first-order valence-electron chi connectivity index (χ1n) is 6.47. The molecule has 2 atom stereocenters. The van der Waals surface area contributed by atoms with Crippen molar-refractivity contribution >= 4 is 11.5 Å². The first-order valence-corrected chi connectivity index (χ1v) is 6.47. The van der Waals surface area contributed by atoms with Gasteiger partial charge in [-0.05, 0) is 24.0 Å². The first kappa shape index (κ1) is 14.0. The van der Waals surface area contributed by atoms with Crippen LogP contribution >= 0.6 is 0 Å². The Kier molecular flexibility index (Phi) is 4.02. The topological polar surface area (TPSA) is 92.9 Å². The largest absolute Gasteiger partial charge is 0.368 e. The van der Waals surface area contributed by atoms with Crippen molar-refractivity contribution in [3.8, 4) is 6.07 Å². The van der Waals surface area contributed by atoms with E-state index in [1.807, 2.05) is 48.6 Å². The molecule has 0 bridgehead atoms. The number of rotatable bonds is 4. The highest BCUT2D eigenvalue weighted by Gasteiger charge is 2.32. The van der Waals surface area contributed by atoms with Gasteiger partial charge in [0.1, 0.15) is 0 Å². The van der Waals surface area contributed by atoms with Crippen LogP contribution in [0.2, 0.25) is 0 Å². The molecular weight excluding hydrogens is 250 g/mol. The zero-order valence-corrected chi connectivity index (χ0v) is 11.1. The summed E-state index contributed by atoms with van der Waals surface area (Å²) in [5, 5.41) is 9.39. The molecule has 0 aromatic heterocycles. The van der Waals surface area contributed by atoms with Crippen molar-refractivity contribution in [1.29, 1.82) is 5.26 Å². The number of nitriles is 1. The van der Waals surface area contributed by atoms with E-state index in [9.17, 15) is 10.1 Å². The average Bonchev–Trinajstić information content (AvgIpc) is 2.48.